The number of nitrogens with zero attached hydrogens (tertiary/aromatic N) is 1. The van der Waals surface area contributed by atoms with E-state index in [1.165, 1.54) is 31.8 Å². The van der Waals surface area contributed by atoms with Crippen molar-refractivity contribution in [2.45, 2.75) is 31.9 Å². The molecule has 3 heteroatoms. The zero-order valence-corrected chi connectivity index (χ0v) is 11.6. The summed E-state index contributed by atoms with van der Waals surface area (Å²) >= 11 is 2.13. The van der Waals surface area contributed by atoms with Gasteiger partial charge in [0.1, 0.15) is 0 Å². The Morgan fingerprint density at radius 1 is 1.38 bits per heavy atom. The Balaban J connectivity index is 1.86. The molecule has 0 bridgehead atoms. The number of nitrogens with one attached hydrogen (secondary N) is 1. The van der Waals surface area contributed by atoms with E-state index < -0.39 is 0 Å². The van der Waals surface area contributed by atoms with Crippen molar-refractivity contribution in [1.29, 1.82) is 0 Å². The number of thioether (sulfide) groups is 1. The van der Waals surface area contributed by atoms with Crippen LogP contribution >= 0.6 is 11.8 Å². The van der Waals surface area contributed by atoms with Crippen LogP contribution in [0.5, 0.6) is 0 Å². The van der Waals surface area contributed by atoms with E-state index in [1.807, 2.05) is 0 Å². The molecule has 2 heterocycles. The van der Waals surface area contributed by atoms with Crippen LogP contribution in [0.1, 0.15) is 27.2 Å². The third kappa shape index (κ3) is 3.25. The summed E-state index contributed by atoms with van der Waals surface area (Å²) in [5.74, 6) is 1.29. The van der Waals surface area contributed by atoms with Crippen molar-refractivity contribution >= 4 is 11.8 Å². The molecule has 0 atom stereocenters. The molecule has 2 saturated heterocycles. The predicted octanol–water partition coefficient (Wildman–Crippen LogP) is 2.12. The van der Waals surface area contributed by atoms with Crippen LogP contribution in [0, 0.1) is 0 Å². The standard InChI is InChI=1S/C13H24N2S/c1-11(12-8-14-9-12)10-15-5-4-13(2,3)16-7-6-15/h14H,4-10H2,1-3H3. The van der Waals surface area contributed by atoms with Gasteiger partial charge in [0.15, 0.2) is 0 Å². The summed E-state index contributed by atoms with van der Waals surface area (Å²) in [5, 5.41) is 3.32. The molecule has 1 N–H and O–H groups in total. The lowest BCUT2D eigenvalue weighted by Crippen LogP contribution is -2.37. The first-order valence-electron chi connectivity index (χ1n) is 6.31. The Morgan fingerprint density at radius 2 is 2.12 bits per heavy atom. The number of rotatable bonds is 2. The van der Waals surface area contributed by atoms with Crippen molar-refractivity contribution in [1.82, 2.24) is 10.2 Å². The summed E-state index contributed by atoms with van der Waals surface area (Å²) in [5.41, 5.74) is 3.24. The first kappa shape index (κ1) is 12.5. The van der Waals surface area contributed by atoms with E-state index in [1.54, 1.807) is 11.1 Å². The number of hydrogen-bond donors (Lipinski definition) is 1. The van der Waals surface area contributed by atoms with Gasteiger partial charge in [-0.05, 0) is 25.5 Å². The zero-order chi connectivity index (χ0) is 11.6. The summed E-state index contributed by atoms with van der Waals surface area (Å²) in [6, 6.07) is 0. The van der Waals surface area contributed by atoms with Gasteiger partial charge in [0.05, 0.1) is 0 Å². The quantitative estimate of drug-likeness (QED) is 0.744. The molecular weight excluding hydrogens is 216 g/mol. The van der Waals surface area contributed by atoms with Crippen molar-refractivity contribution in [3.05, 3.63) is 11.1 Å². The van der Waals surface area contributed by atoms with Crippen molar-refractivity contribution in [3.8, 4) is 0 Å². The van der Waals surface area contributed by atoms with Gasteiger partial charge in [-0.25, -0.2) is 0 Å². The SMILES string of the molecule is CC(CN1CCSC(C)(C)CC1)=C1CNC1. The molecule has 92 valence electrons. The van der Waals surface area contributed by atoms with E-state index in [4.69, 9.17) is 0 Å². The molecule has 0 spiro atoms. The van der Waals surface area contributed by atoms with Crippen molar-refractivity contribution in [2.75, 3.05) is 38.5 Å². The summed E-state index contributed by atoms with van der Waals surface area (Å²) in [6.07, 6.45) is 1.32. The summed E-state index contributed by atoms with van der Waals surface area (Å²) in [4.78, 5) is 2.63. The maximum atomic E-state index is 3.32. The second kappa shape index (κ2) is 5.11. The van der Waals surface area contributed by atoms with Crippen LogP contribution in [0.4, 0.5) is 0 Å². The van der Waals surface area contributed by atoms with Crippen LogP contribution in [-0.4, -0.2) is 48.1 Å². The third-order valence-electron chi connectivity index (χ3n) is 3.67. The molecule has 0 amide bonds. The lowest BCUT2D eigenvalue weighted by Gasteiger charge is -2.27. The lowest BCUT2D eigenvalue weighted by molar-refractivity contribution is 0.305. The monoisotopic (exact) mass is 240 g/mol. The molecule has 0 aromatic rings. The Morgan fingerprint density at radius 3 is 2.75 bits per heavy atom. The molecule has 2 rings (SSSR count). The second-order valence-electron chi connectivity index (χ2n) is 5.62. The van der Waals surface area contributed by atoms with Crippen LogP contribution in [0.25, 0.3) is 0 Å². The van der Waals surface area contributed by atoms with Crippen molar-refractivity contribution in [2.24, 2.45) is 0 Å². The molecule has 0 aliphatic carbocycles. The fourth-order valence-corrected chi connectivity index (χ4v) is 3.36. The molecule has 2 aliphatic heterocycles. The Kier molecular flexibility index (Phi) is 3.98. The predicted molar refractivity (Wildman–Crippen MR) is 73.2 cm³/mol. The normalized spacial score (nSPS) is 26.1. The molecular formula is C13H24N2S. The molecule has 0 aromatic carbocycles. The van der Waals surface area contributed by atoms with Gasteiger partial charge in [-0.3, -0.25) is 4.90 Å². The topological polar surface area (TPSA) is 15.3 Å². The van der Waals surface area contributed by atoms with Crippen LogP contribution < -0.4 is 5.32 Å². The van der Waals surface area contributed by atoms with Gasteiger partial charge >= 0.3 is 0 Å². The summed E-state index contributed by atoms with van der Waals surface area (Å²) in [6.45, 7) is 13.0. The first-order valence-corrected chi connectivity index (χ1v) is 7.30. The average Bonchev–Trinajstić information content (AvgIpc) is 2.25. The Bertz CT molecular complexity index is 278. The maximum absolute atomic E-state index is 3.32. The molecule has 0 saturated carbocycles. The fraction of sp³-hybridized carbons (Fsp3) is 0.846. The molecule has 0 radical (unpaired) electrons. The summed E-state index contributed by atoms with van der Waals surface area (Å²) < 4.78 is 0.480. The molecule has 0 unspecified atom stereocenters. The zero-order valence-electron chi connectivity index (χ0n) is 10.8. The van der Waals surface area contributed by atoms with Crippen LogP contribution in [0.2, 0.25) is 0 Å². The lowest BCUT2D eigenvalue weighted by atomic mass is 10.0. The highest BCUT2D eigenvalue weighted by Crippen LogP contribution is 2.30. The van der Waals surface area contributed by atoms with Crippen molar-refractivity contribution < 1.29 is 0 Å². The highest BCUT2D eigenvalue weighted by molar-refractivity contribution is 8.00. The van der Waals surface area contributed by atoms with Gasteiger partial charge in [0, 0.05) is 36.7 Å². The third-order valence-corrected chi connectivity index (χ3v) is 5.04. The van der Waals surface area contributed by atoms with E-state index in [2.05, 4.69) is 42.7 Å². The molecule has 2 aliphatic rings. The highest BCUT2D eigenvalue weighted by atomic mass is 32.2. The van der Waals surface area contributed by atoms with Gasteiger partial charge in [-0.2, -0.15) is 11.8 Å². The van der Waals surface area contributed by atoms with Crippen LogP contribution in [0.3, 0.4) is 0 Å². The molecule has 2 fully saturated rings. The minimum Gasteiger partial charge on any atom is -0.309 e. The molecule has 0 aromatic heterocycles. The largest absolute Gasteiger partial charge is 0.309 e. The fourth-order valence-electron chi connectivity index (χ4n) is 2.22. The average molecular weight is 240 g/mol. The Labute approximate surface area is 104 Å². The van der Waals surface area contributed by atoms with Gasteiger partial charge in [0.25, 0.3) is 0 Å². The smallest absolute Gasteiger partial charge is 0.0194 e. The van der Waals surface area contributed by atoms with Crippen molar-refractivity contribution in [3.63, 3.8) is 0 Å². The van der Waals surface area contributed by atoms with E-state index in [9.17, 15) is 0 Å². The van der Waals surface area contributed by atoms with E-state index in [-0.39, 0.29) is 0 Å². The van der Waals surface area contributed by atoms with Gasteiger partial charge in [-0.15, -0.1) is 0 Å². The molecule has 2 nitrogen and oxygen atoms in total. The van der Waals surface area contributed by atoms with Gasteiger partial charge in [-0.1, -0.05) is 19.4 Å². The summed E-state index contributed by atoms with van der Waals surface area (Å²) in [7, 11) is 0. The van der Waals surface area contributed by atoms with Gasteiger partial charge in [0.2, 0.25) is 0 Å². The number of hydrogen-bond acceptors (Lipinski definition) is 3. The minimum atomic E-state index is 0.480. The van der Waals surface area contributed by atoms with E-state index in [0.717, 1.165) is 13.1 Å². The van der Waals surface area contributed by atoms with Crippen LogP contribution in [0.15, 0.2) is 11.1 Å². The first-order chi connectivity index (χ1) is 7.57. The molecule has 16 heavy (non-hydrogen) atoms. The Hall–Kier alpha value is 0.01000. The van der Waals surface area contributed by atoms with Crippen LogP contribution in [-0.2, 0) is 0 Å². The minimum absolute atomic E-state index is 0.480. The highest BCUT2D eigenvalue weighted by Gasteiger charge is 2.24. The second-order valence-corrected chi connectivity index (χ2v) is 7.42. The maximum Gasteiger partial charge on any atom is 0.0194 e. The van der Waals surface area contributed by atoms with E-state index in [0.29, 0.717) is 4.75 Å². The van der Waals surface area contributed by atoms with E-state index >= 15 is 0 Å². The van der Waals surface area contributed by atoms with Gasteiger partial charge < -0.3 is 5.32 Å².